The van der Waals surface area contributed by atoms with Crippen molar-refractivity contribution in [2.24, 2.45) is 0 Å². The number of aromatic nitrogens is 1. The first-order valence-corrected chi connectivity index (χ1v) is 12.2. The molecule has 0 unspecified atom stereocenters. The second-order valence-corrected chi connectivity index (χ2v) is 10.1. The first-order chi connectivity index (χ1) is 14.8. The van der Waals surface area contributed by atoms with Gasteiger partial charge in [-0.1, -0.05) is 31.0 Å². The van der Waals surface area contributed by atoms with E-state index in [4.69, 9.17) is 0 Å². The van der Waals surface area contributed by atoms with Crippen molar-refractivity contribution in [2.45, 2.75) is 55.9 Å². The molecule has 0 bridgehead atoms. The number of hydrogen-bond acceptors (Lipinski definition) is 4. The van der Waals surface area contributed by atoms with Crippen molar-refractivity contribution in [3.05, 3.63) is 64.2 Å². The summed E-state index contributed by atoms with van der Waals surface area (Å²) in [6.07, 6.45) is 5.18. The molecule has 0 N–H and O–H groups in total. The van der Waals surface area contributed by atoms with Crippen LogP contribution in [0.25, 0.3) is 10.9 Å². The lowest BCUT2D eigenvalue weighted by molar-refractivity contribution is 0.590. The molecule has 7 heteroatoms. The van der Waals surface area contributed by atoms with Gasteiger partial charge in [-0.25, -0.2) is 12.8 Å². The van der Waals surface area contributed by atoms with Gasteiger partial charge in [0.25, 0.3) is 0 Å². The highest BCUT2D eigenvalue weighted by atomic mass is 32.2. The van der Waals surface area contributed by atoms with Crippen LogP contribution in [0.4, 0.5) is 10.1 Å². The fourth-order valence-electron chi connectivity index (χ4n) is 4.12. The van der Waals surface area contributed by atoms with Crippen LogP contribution in [0.3, 0.4) is 0 Å². The quantitative estimate of drug-likeness (QED) is 0.556. The second-order valence-electron chi connectivity index (χ2n) is 8.20. The Morgan fingerprint density at radius 2 is 1.74 bits per heavy atom. The molecule has 5 nitrogen and oxygen atoms in total. The molecular formula is C24H27FN2O3S. The topological polar surface area (TPSA) is 59.4 Å². The molecule has 1 saturated heterocycles. The highest BCUT2D eigenvalue weighted by molar-refractivity contribution is 7.91. The van der Waals surface area contributed by atoms with Gasteiger partial charge in [-0.2, -0.15) is 0 Å². The van der Waals surface area contributed by atoms with Gasteiger partial charge in [0.15, 0.2) is 0 Å². The Hall–Kier alpha value is -2.67. The molecule has 2 heterocycles. The van der Waals surface area contributed by atoms with Gasteiger partial charge in [0.2, 0.25) is 15.3 Å². The van der Waals surface area contributed by atoms with Gasteiger partial charge < -0.3 is 9.47 Å². The van der Waals surface area contributed by atoms with Crippen molar-refractivity contribution < 1.29 is 12.8 Å². The van der Waals surface area contributed by atoms with Crippen LogP contribution in [0.5, 0.6) is 0 Å². The van der Waals surface area contributed by atoms with Gasteiger partial charge in [0.1, 0.15) is 10.7 Å². The molecular weight excluding hydrogens is 415 g/mol. The highest BCUT2D eigenvalue weighted by Gasteiger charge is 2.25. The molecule has 0 spiro atoms. The molecule has 0 radical (unpaired) electrons. The van der Waals surface area contributed by atoms with Crippen LogP contribution >= 0.6 is 0 Å². The maximum atomic E-state index is 15.0. The number of fused-ring (bicyclic) bond motifs is 1. The minimum Gasteiger partial charge on any atom is -0.369 e. The third-order valence-electron chi connectivity index (χ3n) is 5.94. The van der Waals surface area contributed by atoms with E-state index in [1.54, 1.807) is 22.8 Å². The molecule has 164 valence electrons. The van der Waals surface area contributed by atoms with E-state index in [2.05, 4.69) is 0 Å². The number of benzene rings is 2. The Balaban J connectivity index is 1.95. The van der Waals surface area contributed by atoms with E-state index in [1.807, 2.05) is 18.7 Å². The van der Waals surface area contributed by atoms with E-state index in [9.17, 15) is 17.6 Å². The summed E-state index contributed by atoms with van der Waals surface area (Å²) >= 11 is 0. The molecule has 1 aliphatic rings. The molecule has 0 amide bonds. The zero-order chi connectivity index (χ0) is 22.2. The molecule has 0 aliphatic carbocycles. The fraction of sp³-hybridized carbons (Fsp3) is 0.375. The smallest absolute Gasteiger partial charge is 0.211 e. The van der Waals surface area contributed by atoms with Crippen molar-refractivity contribution in [3.63, 3.8) is 0 Å². The normalized spacial score (nSPS) is 14.5. The predicted octanol–water partition coefficient (Wildman–Crippen LogP) is 4.68. The Labute approximate surface area is 182 Å². The molecule has 1 aliphatic heterocycles. The summed E-state index contributed by atoms with van der Waals surface area (Å²) < 4.78 is 43.3. The summed E-state index contributed by atoms with van der Waals surface area (Å²) in [5.74, 6) is -0.488. The standard InChI is InChI=1S/C24H27FN2O3S/c1-3-4-11-27-16-23(31(29,30)18-9-7-17(2)8-10-18)24(28)19-14-20(25)22(15-21(19)27)26-12-5-6-13-26/h7-10,14-16H,3-6,11-13H2,1-2H3. The maximum absolute atomic E-state index is 15.0. The number of unbranched alkanes of at least 4 members (excludes halogenated alkanes) is 1. The number of pyridine rings is 1. The third-order valence-corrected chi connectivity index (χ3v) is 7.70. The van der Waals surface area contributed by atoms with Crippen LogP contribution in [0.2, 0.25) is 0 Å². The molecule has 0 atom stereocenters. The van der Waals surface area contributed by atoms with Gasteiger partial charge in [0, 0.05) is 25.8 Å². The van der Waals surface area contributed by atoms with Crippen LogP contribution in [0.15, 0.2) is 57.2 Å². The predicted molar refractivity (Wildman–Crippen MR) is 121 cm³/mol. The Morgan fingerprint density at radius 3 is 2.39 bits per heavy atom. The van der Waals surface area contributed by atoms with Crippen molar-refractivity contribution in [1.29, 1.82) is 0 Å². The number of aryl methyl sites for hydroxylation is 2. The van der Waals surface area contributed by atoms with Gasteiger partial charge in [-0.15, -0.1) is 0 Å². The number of nitrogens with zero attached hydrogens (tertiary/aromatic N) is 2. The largest absolute Gasteiger partial charge is 0.369 e. The van der Waals surface area contributed by atoms with Gasteiger partial charge in [-0.3, -0.25) is 4.79 Å². The number of anilines is 1. The Morgan fingerprint density at radius 1 is 1.06 bits per heavy atom. The van der Waals surface area contributed by atoms with E-state index < -0.39 is 21.1 Å². The van der Waals surface area contributed by atoms with E-state index in [1.165, 1.54) is 24.4 Å². The van der Waals surface area contributed by atoms with E-state index in [0.717, 1.165) is 44.3 Å². The monoisotopic (exact) mass is 442 g/mol. The zero-order valence-corrected chi connectivity index (χ0v) is 18.7. The third kappa shape index (κ3) is 3.99. The molecule has 0 saturated carbocycles. The maximum Gasteiger partial charge on any atom is 0.211 e. The minimum absolute atomic E-state index is 0.0609. The summed E-state index contributed by atoms with van der Waals surface area (Å²) in [5.41, 5.74) is 1.32. The lowest BCUT2D eigenvalue weighted by atomic mass is 10.1. The second kappa shape index (κ2) is 8.46. The van der Waals surface area contributed by atoms with E-state index in [0.29, 0.717) is 17.7 Å². The van der Waals surface area contributed by atoms with Crippen LogP contribution in [0, 0.1) is 12.7 Å². The summed E-state index contributed by atoms with van der Waals surface area (Å²) in [7, 11) is -4.03. The molecule has 4 rings (SSSR count). The van der Waals surface area contributed by atoms with Crippen molar-refractivity contribution in [2.75, 3.05) is 18.0 Å². The first-order valence-electron chi connectivity index (χ1n) is 10.8. The van der Waals surface area contributed by atoms with Crippen molar-refractivity contribution in [3.8, 4) is 0 Å². The molecule has 3 aromatic rings. The van der Waals surface area contributed by atoms with E-state index in [-0.39, 0.29) is 15.2 Å². The van der Waals surface area contributed by atoms with Crippen LogP contribution in [-0.2, 0) is 16.4 Å². The summed E-state index contributed by atoms with van der Waals surface area (Å²) in [4.78, 5) is 15.0. The SMILES string of the molecule is CCCCn1cc(S(=O)(=O)c2ccc(C)cc2)c(=O)c2cc(F)c(N3CCCC3)cc21. The number of rotatable bonds is 6. The van der Waals surface area contributed by atoms with Crippen LogP contribution in [0.1, 0.15) is 38.2 Å². The summed E-state index contributed by atoms with van der Waals surface area (Å²) in [5, 5.41) is 0.102. The molecule has 1 fully saturated rings. The summed E-state index contributed by atoms with van der Waals surface area (Å²) in [6.45, 7) is 6.02. The summed E-state index contributed by atoms with van der Waals surface area (Å²) in [6, 6.07) is 9.32. The molecule has 2 aromatic carbocycles. The number of sulfone groups is 1. The first kappa shape index (κ1) is 21.6. The van der Waals surface area contributed by atoms with Crippen LogP contribution in [-0.4, -0.2) is 26.1 Å². The number of halogens is 1. The van der Waals surface area contributed by atoms with E-state index >= 15 is 0 Å². The lowest BCUT2D eigenvalue weighted by Gasteiger charge is -2.21. The number of hydrogen-bond donors (Lipinski definition) is 0. The van der Waals surface area contributed by atoms with Crippen molar-refractivity contribution >= 4 is 26.4 Å². The van der Waals surface area contributed by atoms with Crippen LogP contribution < -0.4 is 10.3 Å². The van der Waals surface area contributed by atoms with Gasteiger partial charge in [-0.05, 0) is 50.5 Å². The average Bonchev–Trinajstić information content (AvgIpc) is 3.28. The van der Waals surface area contributed by atoms with Crippen molar-refractivity contribution in [1.82, 2.24) is 4.57 Å². The molecule has 1 aromatic heterocycles. The van der Waals surface area contributed by atoms with Gasteiger partial charge >= 0.3 is 0 Å². The molecule has 31 heavy (non-hydrogen) atoms. The average molecular weight is 443 g/mol. The minimum atomic E-state index is -4.03. The Bertz CT molecular complexity index is 1270. The Kier molecular flexibility index (Phi) is 5.88. The lowest BCUT2D eigenvalue weighted by Crippen LogP contribution is -2.22. The van der Waals surface area contributed by atoms with Gasteiger partial charge in [0.05, 0.1) is 21.5 Å². The highest BCUT2D eigenvalue weighted by Crippen LogP contribution is 2.29. The fourth-order valence-corrected chi connectivity index (χ4v) is 5.49. The zero-order valence-electron chi connectivity index (χ0n) is 17.9.